The summed E-state index contributed by atoms with van der Waals surface area (Å²) in [5.74, 6) is 0. The first kappa shape index (κ1) is 14.8. The molecule has 3 nitrogen and oxygen atoms in total. The van der Waals surface area contributed by atoms with E-state index in [4.69, 9.17) is 0 Å². The molecule has 1 aromatic heterocycles. The summed E-state index contributed by atoms with van der Waals surface area (Å²) in [6.45, 7) is 9.19. The van der Waals surface area contributed by atoms with Gasteiger partial charge in [0.15, 0.2) is 0 Å². The first-order chi connectivity index (χ1) is 9.82. The predicted octanol–water partition coefficient (Wildman–Crippen LogP) is 3.56. The van der Waals surface area contributed by atoms with Gasteiger partial charge in [-0.15, -0.1) is 0 Å². The number of hydrogen-bond donors (Lipinski definition) is 0. The molecule has 1 unspecified atom stereocenters. The van der Waals surface area contributed by atoms with E-state index < -0.39 is 11.0 Å². The van der Waals surface area contributed by atoms with Crippen LogP contribution in [0.25, 0.3) is 10.9 Å². The van der Waals surface area contributed by atoms with Gasteiger partial charge in [-0.25, -0.2) is 8.51 Å². The maximum absolute atomic E-state index is 12.8. The SMILES string of the molecule is C[C@H]1c2c(c3ccccc3n2C)CCN1S(=O)C(C)(C)C. The number of aromatic nitrogens is 1. The van der Waals surface area contributed by atoms with Crippen LogP contribution in [0, 0.1) is 0 Å². The predicted molar refractivity (Wildman–Crippen MR) is 89.6 cm³/mol. The van der Waals surface area contributed by atoms with Crippen LogP contribution < -0.4 is 0 Å². The van der Waals surface area contributed by atoms with Crippen LogP contribution in [0.2, 0.25) is 0 Å². The molecule has 2 heterocycles. The lowest BCUT2D eigenvalue weighted by Gasteiger charge is -2.37. The van der Waals surface area contributed by atoms with Gasteiger partial charge in [-0.2, -0.15) is 0 Å². The van der Waals surface area contributed by atoms with Gasteiger partial charge in [-0.1, -0.05) is 18.2 Å². The third-order valence-electron chi connectivity index (χ3n) is 4.41. The van der Waals surface area contributed by atoms with Crippen molar-refractivity contribution in [3.63, 3.8) is 0 Å². The Morgan fingerprint density at radius 2 is 1.90 bits per heavy atom. The molecule has 1 aliphatic heterocycles. The smallest absolute Gasteiger partial charge is 0.100 e. The Kier molecular flexibility index (Phi) is 3.49. The van der Waals surface area contributed by atoms with Crippen LogP contribution >= 0.6 is 0 Å². The van der Waals surface area contributed by atoms with E-state index in [2.05, 4.69) is 47.1 Å². The molecule has 21 heavy (non-hydrogen) atoms. The molecule has 114 valence electrons. The molecule has 0 bridgehead atoms. The lowest BCUT2D eigenvalue weighted by molar-refractivity contribution is 0.328. The van der Waals surface area contributed by atoms with Crippen LogP contribution in [0.4, 0.5) is 0 Å². The van der Waals surface area contributed by atoms with Crippen molar-refractivity contribution < 1.29 is 4.21 Å². The van der Waals surface area contributed by atoms with Crippen molar-refractivity contribution in [2.24, 2.45) is 7.05 Å². The van der Waals surface area contributed by atoms with E-state index in [-0.39, 0.29) is 10.8 Å². The number of para-hydroxylation sites is 1. The van der Waals surface area contributed by atoms with Crippen molar-refractivity contribution in [2.45, 2.75) is 44.9 Å². The van der Waals surface area contributed by atoms with Crippen LogP contribution in [-0.4, -0.2) is 24.4 Å². The molecule has 0 saturated heterocycles. The molecular weight excluding hydrogens is 280 g/mol. The Balaban J connectivity index is 2.10. The molecule has 2 aromatic rings. The van der Waals surface area contributed by atoms with E-state index in [9.17, 15) is 4.21 Å². The highest BCUT2D eigenvalue weighted by molar-refractivity contribution is 7.84. The highest BCUT2D eigenvalue weighted by atomic mass is 32.2. The molecule has 0 aliphatic carbocycles. The van der Waals surface area contributed by atoms with Gasteiger partial charge < -0.3 is 4.57 Å². The zero-order valence-electron chi connectivity index (χ0n) is 13.5. The van der Waals surface area contributed by atoms with Crippen molar-refractivity contribution >= 4 is 21.9 Å². The van der Waals surface area contributed by atoms with Crippen molar-refractivity contribution in [1.29, 1.82) is 0 Å². The number of hydrogen-bond acceptors (Lipinski definition) is 1. The average molecular weight is 304 g/mol. The van der Waals surface area contributed by atoms with E-state index in [1.807, 2.05) is 20.8 Å². The quantitative estimate of drug-likeness (QED) is 0.791. The number of fused-ring (bicyclic) bond motifs is 3. The largest absolute Gasteiger partial charge is 0.346 e. The van der Waals surface area contributed by atoms with Gasteiger partial charge in [0.1, 0.15) is 11.0 Å². The standard InChI is InChI=1S/C17H24N2OS/c1-12-16-14(10-11-19(12)21(20)17(2,3)4)13-8-6-7-9-15(13)18(16)5/h6-9,12H,10-11H2,1-5H3/t12-,21?/m0/s1. The normalized spacial score (nSPS) is 21.5. The second-order valence-electron chi connectivity index (χ2n) is 6.87. The van der Waals surface area contributed by atoms with Crippen LogP contribution in [0.15, 0.2) is 24.3 Å². The van der Waals surface area contributed by atoms with Crippen LogP contribution in [-0.2, 0) is 24.5 Å². The third kappa shape index (κ3) is 2.25. The Morgan fingerprint density at radius 1 is 1.24 bits per heavy atom. The van der Waals surface area contributed by atoms with E-state index in [1.165, 1.54) is 22.2 Å². The lowest BCUT2D eigenvalue weighted by Crippen LogP contribution is -2.43. The molecule has 4 heteroatoms. The van der Waals surface area contributed by atoms with Gasteiger partial charge >= 0.3 is 0 Å². The summed E-state index contributed by atoms with van der Waals surface area (Å²) in [5, 5.41) is 1.35. The molecule has 0 fully saturated rings. The number of benzene rings is 1. The average Bonchev–Trinajstić information content (AvgIpc) is 2.72. The monoisotopic (exact) mass is 304 g/mol. The fourth-order valence-corrected chi connectivity index (χ4v) is 4.76. The molecule has 1 aromatic carbocycles. The minimum Gasteiger partial charge on any atom is -0.346 e. The van der Waals surface area contributed by atoms with Crippen molar-refractivity contribution in [3.05, 3.63) is 35.5 Å². The fraction of sp³-hybridized carbons (Fsp3) is 0.529. The molecule has 0 amide bonds. The maximum atomic E-state index is 12.8. The van der Waals surface area contributed by atoms with Gasteiger partial charge in [-0.05, 0) is 45.7 Å². The molecule has 3 rings (SSSR count). The molecule has 2 atom stereocenters. The highest BCUT2D eigenvalue weighted by Crippen LogP contribution is 2.38. The van der Waals surface area contributed by atoms with Crippen molar-refractivity contribution in [1.82, 2.24) is 8.87 Å². The van der Waals surface area contributed by atoms with Crippen LogP contribution in [0.1, 0.15) is 45.0 Å². The van der Waals surface area contributed by atoms with Gasteiger partial charge in [-0.3, -0.25) is 0 Å². The molecule has 0 N–H and O–H groups in total. The minimum atomic E-state index is -0.971. The summed E-state index contributed by atoms with van der Waals surface area (Å²) < 4.78 is 17.0. The minimum absolute atomic E-state index is 0.186. The van der Waals surface area contributed by atoms with Crippen LogP contribution in [0.5, 0.6) is 0 Å². The van der Waals surface area contributed by atoms with E-state index in [0.29, 0.717) is 0 Å². The Morgan fingerprint density at radius 3 is 2.57 bits per heavy atom. The fourth-order valence-electron chi connectivity index (χ4n) is 3.42. The number of aryl methyl sites for hydroxylation is 1. The lowest BCUT2D eigenvalue weighted by atomic mass is 10.0. The second-order valence-corrected chi connectivity index (χ2v) is 9.06. The first-order valence-electron chi connectivity index (χ1n) is 7.57. The van der Waals surface area contributed by atoms with Gasteiger partial charge in [0.2, 0.25) is 0 Å². The zero-order chi connectivity index (χ0) is 15.4. The molecular formula is C17H24N2OS. The Labute approximate surface area is 129 Å². The maximum Gasteiger partial charge on any atom is 0.100 e. The summed E-state index contributed by atoms with van der Waals surface area (Å²) in [4.78, 5) is 0. The summed E-state index contributed by atoms with van der Waals surface area (Å²) in [7, 11) is 1.16. The third-order valence-corrected chi connectivity index (χ3v) is 6.38. The summed E-state index contributed by atoms with van der Waals surface area (Å²) >= 11 is 0. The Bertz CT molecular complexity index is 711. The summed E-state index contributed by atoms with van der Waals surface area (Å²) in [6.07, 6.45) is 0.975. The van der Waals surface area contributed by atoms with Gasteiger partial charge in [0.25, 0.3) is 0 Å². The molecule has 0 radical (unpaired) electrons. The van der Waals surface area contributed by atoms with Gasteiger partial charge in [0.05, 0.1) is 10.8 Å². The van der Waals surface area contributed by atoms with E-state index in [1.54, 1.807) is 0 Å². The molecule has 1 aliphatic rings. The van der Waals surface area contributed by atoms with Gasteiger partial charge in [0, 0.05) is 30.2 Å². The number of rotatable bonds is 1. The second kappa shape index (κ2) is 4.96. The first-order valence-corrected chi connectivity index (χ1v) is 8.68. The topological polar surface area (TPSA) is 25.2 Å². The zero-order valence-corrected chi connectivity index (χ0v) is 14.3. The van der Waals surface area contributed by atoms with E-state index >= 15 is 0 Å². The molecule has 0 spiro atoms. The van der Waals surface area contributed by atoms with Crippen molar-refractivity contribution in [3.8, 4) is 0 Å². The van der Waals surface area contributed by atoms with E-state index in [0.717, 1.165) is 13.0 Å². The summed E-state index contributed by atoms with van der Waals surface area (Å²) in [6, 6.07) is 8.75. The highest BCUT2D eigenvalue weighted by Gasteiger charge is 2.35. The van der Waals surface area contributed by atoms with Crippen LogP contribution in [0.3, 0.4) is 0 Å². The molecule has 0 saturated carbocycles. The Hall–Kier alpha value is -1.13. The van der Waals surface area contributed by atoms with Crippen molar-refractivity contribution in [2.75, 3.05) is 6.54 Å². The number of nitrogens with zero attached hydrogens (tertiary/aromatic N) is 2. The summed E-state index contributed by atoms with van der Waals surface area (Å²) in [5.41, 5.74) is 4.03.